The summed E-state index contributed by atoms with van der Waals surface area (Å²) in [6.07, 6.45) is -7.07. The van der Waals surface area contributed by atoms with Crippen molar-refractivity contribution >= 4 is 29.2 Å². The smallest absolute Gasteiger partial charge is 0.258 e. The first kappa shape index (κ1) is 36.7. The number of benzene rings is 2. The van der Waals surface area contributed by atoms with Gasteiger partial charge < -0.3 is 41.3 Å². The SMILES string of the molecule is O=C(CCC(=O)Nc1ccccc1[C@@H](Nc1ccccn1)[C@H](c1ccccn1)[C@H](O)c1ccccc1)NC(=O)[C@H](O)[C@@H](O)[C@H](O)[C@H](O)CO. The number of imide groups is 1. The molecule has 0 aliphatic heterocycles. The predicted molar refractivity (Wildman–Crippen MR) is 178 cm³/mol. The average molecular weight is 674 g/mol. The van der Waals surface area contributed by atoms with Gasteiger partial charge in [0.2, 0.25) is 11.8 Å². The fourth-order valence-electron chi connectivity index (χ4n) is 5.19. The van der Waals surface area contributed by atoms with Crippen LogP contribution in [0, 0.1) is 0 Å². The molecule has 7 atom stereocenters. The molecule has 0 fully saturated rings. The largest absolute Gasteiger partial charge is 0.394 e. The minimum atomic E-state index is -2.30. The summed E-state index contributed by atoms with van der Waals surface area (Å²) >= 11 is 0. The molecule has 2 heterocycles. The molecule has 0 radical (unpaired) electrons. The molecule has 0 aliphatic rings. The summed E-state index contributed by atoms with van der Waals surface area (Å²) in [4.78, 5) is 46.8. The van der Waals surface area contributed by atoms with Gasteiger partial charge in [-0.3, -0.25) is 24.7 Å². The predicted octanol–water partition coefficient (Wildman–Crippen LogP) is 0.945. The van der Waals surface area contributed by atoms with Crippen molar-refractivity contribution in [3.8, 4) is 0 Å². The third-order valence-corrected chi connectivity index (χ3v) is 7.77. The van der Waals surface area contributed by atoms with Crippen LogP contribution in [0.15, 0.2) is 103 Å². The average Bonchev–Trinajstić information content (AvgIpc) is 3.13. The van der Waals surface area contributed by atoms with Gasteiger partial charge in [-0.15, -0.1) is 0 Å². The number of aromatic nitrogens is 2. The molecule has 2 aromatic heterocycles. The van der Waals surface area contributed by atoms with Crippen LogP contribution < -0.4 is 16.0 Å². The number of carbonyl (C=O) groups is 3. The summed E-state index contributed by atoms with van der Waals surface area (Å²) in [5.41, 5.74) is 2.16. The second-order valence-electron chi connectivity index (χ2n) is 11.2. The van der Waals surface area contributed by atoms with Crippen molar-refractivity contribution in [1.29, 1.82) is 0 Å². The zero-order valence-corrected chi connectivity index (χ0v) is 26.3. The molecule has 0 saturated carbocycles. The molecule has 0 spiro atoms. The summed E-state index contributed by atoms with van der Waals surface area (Å²) in [6, 6.07) is 26.0. The van der Waals surface area contributed by atoms with Gasteiger partial charge in [-0.2, -0.15) is 0 Å². The lowest BCUT2D eigenvalue weighted by Crippen LogP contribution is -2.52. The molecule has 3 amide bonds. The Hall–Kier alpha value is -5.09. The van der Waals surface area contributed by atoms with E-state index < -0.39 is 73.2 Å². The van der Waals surface area contributed by atoms with E-state index >= 15 is 0 Å². The highest BCUT2D eigenvalue weighted by molar-refractivity contribution is 6.00. The van der Waals surface area contributed by atoms with E-state index in [0.717, 1.165) is 0 Å². The summed E-state index contributed by atoms with van der Waals surface area (Å²) in [5, 5.41) is 67.8. The Morgan fingerprint density at radius 2 is 1.33 bits per heavy atom. The quantitative estimate of drug-likeness (QED) is 0.0809. The Morgan fingerprint density at radius 1 is 0.694 bits per heavy atom. The fraction of sp³-hybridized carbons (Fsp3) is 0.286. The molecule has 0 unspecified atom stereocenters. The van der Waals surface area contributed by atoms with Crippen LogP contribution in [0.1, 0.15) is 47.7 Å². The Balaban J connectivity index is 1.55. The number of nitrogens with one attached hydrogen (secondary N) is 3. The van der Waals surface area contributed by atoms with Crippen molar-refractivity contribution < 1.29 is 45.0 Å². The minimum Gasteiger partial charge on any atom is -0.394 e. The lowest BCUT2D eigenvalue weighted by atomic mass is 9.82. The molecule has 258 valence electrons. The summed E-state index contributed by atoms with van der Waals surface area (Å²) < 4.78 is 0. The van der Waals surface area contributed by atoms with Crippen LogP contribution in [0.5, 0.6) is 0 Å². The van der Waals surface area contributed by atoms with E-state index in [1.165, 1.54) is 0 Å². The fourth-order valence-corrected chi connectivity index (χ4v) is 5.19. The van der Waals surface area contributed by atoms with Crippen molar-refractivity contribution in [2.75, 3.05) is 17.2 Å². The number of aliphatic hydroxyl groups excluding tert-OH is 6. The lowest BCUT2D eigenvalue weighted by molar-refractivity contribution is -0.151. The molecule has 4 aromatic rings. The number of carbonyl (C=O) groups excluding carboxylic acids is 3. The molecular formula is C35H39N5O9. The van der Waals surface area contributed by atoms with Gasteiger partial charge >= 0.3 is 0 Å². The van der Waals surface area contributed by atoms with Gasteiger partial charge in [-0.1, -0.05) is 60.7 Å². The highest BCUT2D eigenvalue weighted by Crippen LogP contribution is 2.43. The number of anilines is 2. The monoisotopic (exact) mass is 673 g/mol. The molecule has 14 heteroatoms. The van der Waals surface area contributed by atoms with Gasteiger partial charge in [0, 0.05) is 36.6 Å². The second kappa shape index (κ2) is 17.9. The molecule has 49 heavy (non-hydrogen) atoms. The number of pyridine rings is 2. The Kier molecular flexibility index (Phi) is 13.4. The van der Waals surface area contributed by atoms with Crippen LogP contribution in [-0.4, -0.2) is 89.4 Å². The number of amides is 3. The van der Waals surface area contributed by atoms with Crippen molar-refractivity contribution in [3.05, 3.63) is 120 Å². The van der Waals surface area contributed by atoms with Gasteiger partial charge in [0.15, 0.2) is 6.10 Å². The normalized spacial score (nSPS) is 15.5. The number of hydrogen-bond donors (Lipinski definition) is 9. The van der Waals surface area contributed by atoms with Gasteiger partial charge in [0.05, 0.1) is 24.7 Å². The number of para-hydroxylation sites is 1. The van der Waals surface area contributed by atoms with E-state index in [1.807, 2.05) is 41.7 Å². The third-order valence-electron chi connectivity index (χ3n) is 7.77. The van der Waals surface area contributed by atoms with E-state index in [0.29, 0.717) is 28.3 Å². The minimum absolute atomic E-state index is 0.369. The summed E-state index contributed by atoms with van der Waals surface area (Å²) in [6.45, 7) is -0.943. The zero-order chi connectivity index (χ0) is 35.3. The van der Waals surface area contributed by atoms with Crippen LogP contribution in [0.25, 0.3) is 0 Å². The van der Waals surface area contributed by atoms with Gasteiger partial charge in [-0.05, 0) is 41.5 Å². The first-order valence-corrected chi connectivity index (χ1v) is 15.5. The Labute approximate surface area is 282 Å². The molecular weight excluding hydrogens is 634 g/mol. The van der Waals surface area contributed by atoms with E-state index in [2.05, 4.69) is 20.6 Å². The van der Waals surface area contributed by atoms with Crippen molar-refractivity contribution in [2.45, 2.75) is 55.3 Å². The summed E-state index contributed by atoms with van der Waals surface area (Å²) in [7, 11) is 0. The zero-order valence-electron chi connectivity index (χ0n) is 26.3. The topological polar surface area (TPSA) is 234 Å². The van der Waals surface area contributed by atoms with Gasteiger partial charge in [-0.25, -0.2) is 4.98 Å². The van der Waals surface area contributed by atoms with Gasteiger partial charge in [0.1, 0.15) is 24.1 Å². The van der Waals surface area contributed by atoms with Crippen molar-refractivity contribution in [2.24, 2.45) is 0 Å². The molecule has 0 bridgehead atoms. The second-order valence-corrected chi connectivity index (χ2v) is 11.2. The first-order chi connectivity index (χ1) is 23.6. The number of rotatable bonds is 16. The Bertz CT molecular complexity index is 1650. The number of nitrogens with zero attached hydrogens (tertiary/aromatic N) is 2. The molecule has 0 saturated heterocycles. The van der Waals surface area contributed by atoms with Crippen LogP contribution >= 0.6 is 0 Å². The standard InChI is InChI=1S/C35H39N5O9/c41-20-25(42)32(46)33(47)34(48)35(49)40-28(44)17-16-27(43)38-23-13-5-4-12-22(23)30(39-26-15-7-9-19-37-26)29(24-14-6-8-18-36-24)31(45)21-10-2-1-3-11-21/h1-15,18-19,25,29-34,41-42,45-48H,16-17,20H2,(H,37,39)(H,38,43)(H,40,44,49)/t25-,29+,30-,31-,32-,33+,34-/m1/s1. The lowest BCUT2D eigenvalue weighted by Gasteiger charge is -2.33. The van der Waals surface area contributed by atoms with E-state index in [-0.39, 0.29) is 6.42 Å². The van der Waals surface area contributed by atoms with Gasteiger partial charge in [0.25, 0.3) is 5.91 Å². The van der Waals surface area contributed by atoms with E-state index in [4.69, 9.17) is 5.11 Å². The van der Waals surface area contributed by atoms with Crippen molar-refractivity contribution in [3.63, 3.8) is 0 Å². The number of hydrogen-bond acceptors (Lipinski definition) is 12. The molecule has 0 aliphatic carbocycles. The Morgan fingerprint density at radius 3 is 1.98 bits per heavy atom. The van der Waals surface area contributed by atoms with Crippen molar-refractivity contribution in [1.82, 2.24) is 15.3 Å². The summed E-state index contributed by atoms with van der Waals surface area (Å²) in [5.74, 6) is -3.10. The van der Waals surface area contributed by atoms with Crippen LogP contribution in [0.2, 0.25) is 0 Å². The van der Waals surface area contributed by atoms with E-state index in [9.17, 15) is 39.9 Å². The molecule has 4 rings (SSSR count). The first-order valence-electron chi connectivity index (χ1n) is 15.5. The van der Waals surface area contributed by atoms with E-state index in [1.54, 1.807) is 67.0 Å². The van der Waals surface area contributed by atoms with Crippen LogP contribution in [0.4, 0.5) is 11.5 Å². The highest BCUT2D eigenvalue weighted by Gasteiger charge is 2.36. The van der Waals surface area contributed by atoms with Crippen LogP contribution in [0.3, 0.4) is 0 Å². The maximum Gasteiger partial charge on any atom is 0.258 e. The third kappa shape index (κ3) is 9.96. The molecule has 9 N–H and O–H groups in total. The molecule has 2 aromatic carbocycles. The molecule has 14 nitrogen and oxygen atoms in total. The number of aliphatic hydroxyl groups is 6. The highest BCUT2D eigenvalue weighted by atomic mass is 16.4. The van der Waals surface area contributed by atoms with Crippen LogP contribution in [-0.2, 0) is 14.4 Å². The maximum atomic E-state index is 13.1. The maximum absolute atomic E-state index is 13.1.